The van der Waals surface area contributed by atoms with Gasteiger partial charge in [0.05, 0.1) is 11.2 Å². The van der Waals surface area contributed by atoms with E-state index >= 15 is 0 Å². The Morgan fingerprint density at radius 2 is 2.00 bits per heavy atom. The molecular weight excluding hydrogens is 258 g/mol. The van der Waals surface area contributed by atoms with Crippen molar-refractivity contribution in [3.63, 3.8) is 0 Å². The van der Waals surface area contributed by atoms with E-state index in [2.05, 4.69) is 48.3 Å². The van der Waals surface area contributed by atoms with E-state index < -0.39 is 0 Å². The van der Waals surface area contributed by atoms with E-state index in [1.54, 1.807) is 0 Å². The Hall–Kier alpha value is -1.77. The van der Waals surface area contributed by atoms with Crippen LogP contribution in [0, 0.1) is 6.92 Å². The lowest BCUT2D eigenvalue weighted by atomic mass is 10.1. The summed E-state index contributed by atoms with van der Waals surface area (Å²) < 4.78 is 0. The summed E-state index contributed by atoms with van der Waals surface area (Å²) in [7, 11) is 0. The summed E-state index contributed by atoms with van der Waals surface area (Å²) in [5.41, 5.74) is 3.67. The van der Waals surface area contributed by atoms with Crippen molar-refractivity contribution in [3.8, 4) is 0 Å². The summed E-state index contributed by atoms with van der Waals surface area (Å²) in [6.07, 6.45) is 5.07. The zero-order valence-corrected chi connectivity index (χ0v) is 13.2. The highest BCUT2D eigenvalue weighted by atomic mass is 15.1. The predicted octanol–water partition coefficient (Wildman–Crippen LogP) is 4.36. The molecule has 0 unspecified atom stereocenters. The lowest BCUT2D eigenvalue weighted by molar-refractivity contribution is 0.579. The van der Waals surface area contributed by atoms with Crippen molar-refractivity contribution in [2.75, 3.05) is 29.9 Å². The van der Waals surface area contributed by atoms with Crippen LogP contribution < -0.4 is 10.2 Å². The minimum atomic E-state index is 0.977. The van der Waals surface area contributed by atoms with Gasteiger partial charge in [-0.2, -0.15) is 0 Å². The molecule has 0 bridgehead atoms. The number of pyridine rings is 1. The van der Waals surface area contributed by atoms with Crippen LogP contribution >= 0.6 is 0 Å². The highest BCUT2D eigenvalue weighted by molar-refractivity contribution is 5.92. The van der Waals surface area contributed by atoms with E-state index in [-0.39, 0.29) is 0 Å². The van der Waals surface area contributed by atoms with Crippen molar-refractivity contribution in [1.29, 1.82) is 0 Å². The summed E-state index contributed by atoms with van der Waals surface area (Å²) in [5, 5.41) is 4.70. The first-order valence-corrected chi connectivity index (χ1v) is 8.19. The van der Waals surface area contributed by atoms with Crippen LogP contribution in [0.3, 0.4) is 0 Å². The number of aryl methyl sites for hydroxylation is 1. The van der Waals surface area contributed by atoms with Gasteiger partial charge in [-0.05, 0) is 50.3 Å². The van der Waals surface area contributed by atoms with Gasteiger partial charge in [0.1, 0.15) is 5.82 Å². The van der Waals surface area contributed by atoms with Crippen LogP contribution in [0.1, 0.15) is 38.2 Å². The molecule has 2 aromatic rings. The lowest BCUT2D eigenvalue weighted by Crippen LogP contribution is -2.29. The molecule has 3 rings (SSSR count). The lowest BCUT2D eigenvalue weighted by Gasteiger charge is -2.29. The molecule has 1 aliphatic rings. The quantitative estimate of drug-likeness (QED) is 0.904. The highest BCUT2D eigenvalue weighted by Crippen LogP contribution is 2.30. The number of piperidine rings is 1. The maximum Gasteiger partial charge on any atom is 0.129 e. The minimum Gasteiger partial charge on any atom is -0.370 e. The van der Waals surface area contributed by atoms with Crippen LogP contribution in [0.25, 0.3) is 10.9 Å². The van der Waals surface area contributed by atoms with E-state index in [0.29, 0.717) is 0 Å². The number of aromatic nitrogens is 1. The first-order valence-electron chi connectivity index (χ1n) is 8.19. The van der Waals surface area contributed by atoms with Gasteiger partial charge in [0.15, 0.2) is 0 Å². The molecule has 1 fully saturated rings. The average Bonchev–Trinajstić information content (AvgIpc) is 2.53. The van der Waals surface area contributed by atoms with Crippen LogP contribution in [0.4, 0.5) is 11.5 Å². The zero-order valence-electron chi connectivity index (χ0n) is 13.2. The van der Waals surface area contributed by atoms with Gasteiger partial charge in [0.25, 0.3) is 0 Å². The smallest absolute Gasteiger partial charge is 0.129 e. The third-order valence-corrected chi connectivity index (χ3v) is 4.25. The van der Waals surface area contributed by atoms with Crippen molar-refractivity contribution in [2.24, 2.45) is 0 Å². The Morgan fingerprint density at radius 1 is 1.19 bits per heavy atom. The standard InChI is InChI=1S/C18H25N3/c1-3-10-19-18-14(2)13-15-8-7-9-16(17(15)20-18)21-11-5-4-6-12-21/h7-9,13H,3-6,10-12H2,1-2H3,(H,19,20). The molecule has 112 valence electrons. The van der Waals surface area contributed by atoms with Crippen LogP contribution in [0.15, 0.2) is 24.3 Å². The number of rotatable bonds is 4. The molecule has 0 spiro atoms. The highest BCUT2D eigenvalue weighted by Gasteiger charge is 2.15. The molecule has 0 aliphatic carbocycles. The van der Waals surface area contributed by atoms with Crippen molar-refractivity contribution < 1.29 is 0 Å². The number of para-hydroxylation sites is 1. The van der Waals surface area contributed by atoms with Gasteiger partial charge < -0.3 is 10.2 Å². The summed E-state index contributed by atoms with van der Waals surface area (Å²) >= 11 is 0. The Morgan fingerprint density at radius 3 is 2.76 bits per heavy atom. The van der Waals surface area contributed by atoms with Gasteiger partial charge in [-0.25, -0.2) is 4.98 Å². The second-order valence-electron chi connectivity index (χ2n) is 5.98. The Balaban J connectivity index is 2.03. The van der Waals surface area contributed by atoms with Crippen molar-refractivity contribution >= 4 is 22.4 Å². The number of fused-ring (bicyclic) bond motifs is 1. The van der Waals surface area contributed by atoms with Crippen LogP contribution in [-0.2, 0) is 0 Å². The molecule has 0 saturated carbocycles. The third-order valence-electron chi connectivity index (χ3n) is 4.25. The van der Waals surface area contributed by atoms with Crippen LogP contribution in [-0.4, -0.2) is 24.6 Å². The van der Waals surface area contributed by atoms with Crippen LogP contribution in [0.2, 0.25) is 0 Å². The van der Waals surface area contributed by atoms with Crippen molar-refractivity contribution in [1.82, 2.24) is 4.98 Å². The number of hydrogen-bond acceptors (Lipinski definition) is 3. The summed E-state index contributed by atoms with van der Waals surface area (Å²) in [4.78, 5) is 7.43. The maximum atomic E-state index is 4.93. The molecule has 3 nitrogen and oxygen atoms in total. The fraction of sp³-hybridized carbons (Fsp3) is 0.500. The van der Waals surface area contributed by atoms with E-state index in [1.807, 2.05) is 0 Å². The molecular formula is C18H25N3. The Bertz CT molecular complexity index is 615. The molecule has 1 saturated heterocycles. The molecule has 21 heavy (non-hydrogen) atoms. The SMILES string of the molecule is CCCNc1nc2c(N3CCCCC3)cccc2cc1C. The monoisotopic (exact) mass is 283 g/mol. The fourth-order valence-corrected chi connectivity index (χ4v) is 3.10. The first-order chi connectivity index (χ1) is 10.3. The largest absolute Gasteiger partial charge is 0.370 e. The van der Waals surface area contributed by atoms with Gasteiger partial charge in [-0.15, -0.1) is 0 Å². The Kier molecular flexibility index (Phi) is 4.28. The molecule has 1 aromatic heterocycles. The zero-order chi connectivity index (χ0) is 14.7. The molecule has 0 amide bonds. The second-order valence-corrected chi connectivity index (χ2v) is 5.98. The van der Waals surface area contributed by atoms with Gasteiger partial charge in [0, 0.05) is 25.0 Å². The summed E-state index contributed by atoms with van der Waals surface area (Å²) in [6, 6.07) is 8.81. The predicted molar refractivity (Wildman–Crippen MR) is 91.3 cm³/mol. The molecule has 0 radical (unpaired) electrons. The van der Waals surface area contributed by atoms with Crippen molar-refractivity contribution in [2.45, 2.75) is 39.5 Å². The molecule has 2 heterocycles. The normalized spacial score (nSPS) is 15.4. The fourth-order valence-electron chi connectivity index (χ4n) is 3.10. The molecule has 3 heteroatoms. The van der Waals surface area contributed by atoms with Gasteiger partial charge in [-0.1, -0.05) is 19.1 Å². The topological polar surface area (TPSA) is 28.2 Å². The number of hydrogen-bond donors (Lipinski definition) is 1. The second kappa shape index (κ2) is 6.33. The third kappa shape index (κ3) is 2.97. The summed E-state index contributed by atoms with van der Waals surface area (Å²) in [6.45, 7) is 7.62. The molecule has 0 atom stereocenters. The average molecular weight is 283 g/mol. The van der Waals surface area contributed by atoms with E-state index in [4.69, 9.17) is 4.98 Å². The molecule has 1 aliphatic heterocycles. The van der Waals surface area contributed by atoms with E-state index in [9.17, 15) is 0 Å². The minimum absolute atomic E-state index is 0.977. The van der Waals surface area contributed by atoms with Gasteiger partial charge >= 0.3 is 0 Å². The number of nitrogens with one attached hydrogen (secondary N) is 1. The summed E-state index contributed by atoms with van der Waals surface area (Å²) in [5.74, 6) is 1.04. The maximum absolute atomic E-state index is 4.93. The van der Waals surface area contributed by atoms with Gasteiger partial charge in [-0.3, -0.25) is 0 Å². The number of benzene rings is 1. The van der Waals surface area contributed by atoms with E-state index in [1.165, 1.54) is 35.9 Å². The van der Waals surface area contributed by atoms with Crippen molar-refractivity contribution in [3.05, 3.63) is 29.8 Å². The Labute approximate surface area is 127 Å². The van der Waals surface area contributed by atoms with Gasteiger partial charge in [0.2, 0.25) is 0 Å². The number of nitrogens with zero attached hydrogens (tertiary/aromatic N) is 2. The molecule has 1 N–H and O–H groups in total. The van der Waals surface area contributed by atoms with E-state index in [0.717, 1.165) is 37.4 Å². The molecule has 1 aromatic carbocycles. The van der Waals surface area contributed by atoms with Crippen LogP contribution in [0.5, 0.6) is 0 Å². The number of anilines is 2. The first kappa shape index (κ1) is 14.2.